The van der Waals surface area contributed by atoms with Crippen LogP contribution in [0.4, 0.5) is 0 Å². The zero-order valence-electron chi connectivity index (χ0n) is 12.9. The summed E-state index contributed by atoms with van der Waals surface area (Å²) in [4.78, 5) is 40.0. The van der Waals surface area contributed by atoms with E-state index in [9.17, 15) is 14.4 Å². The Hall–Kier alpha value is -1.91. The van der Waals surface area contributed by atoms with Gasteiger partial charge < -0.3 is 4.90 Å². The first-order valence-electron chi connectivity index (χ1n) is 7.93. The quantitative estimate of drug-likeness (QED) is 0.421. The van der Waals surface area contributed by atoms with Crippen molar-refractivity contribution in [1.82, 2.24) is 9.80 Å². The predicted molar refractivity (Wildman–Crippen MR) is 81.5 cm³/mol. The van der Waals surface area contributed by atoms with E-state index in [-0.39, 0.29) is 47.9 Å². The fourth-order valence-electron chi connectivity index (χ4n) is 3.97. The molecule has 0 aromatic carbocycles. The van der Waals surface area contributed by atoms with Crippen LogP contribution in [0.2, 0.25) is 0 Å². The van der Waals surface area contributed by atoms with Crippen molar-refractivity contribution in [2.45, 2.75) is 19.3 Å². The van der Waals surface area contributed by atoms with Gasteiger partial charge in [-0.2, -0.15) is 0 Å². The van der Waals surface area contributed by atoms with E-state index < -0.39 is 0 Å². The van der Waals surface area contributed by atoms with Crippen LogP contribution in [-0.4, -0.2) is 47.7 Å². The first-order chi connectivity index (χ1) is 10.5. The van der Waals surface area contributed by atoms with Crippen LogP contribution in [0.15, 0.2) is 24.8 Å². The highest BCUT2D eigenvalue weighted by atomic mass is 16.2. The van der Waals surface area contributed by atoms with Crippen LogP contribution in [-0.2, 0) is 14.4 Å². The van der Waals surface area contributed by atoms with E-state index in [0.29, 0.717) is 6.54 Å². The lowest BCUT2D eigenvalue weighted by molar-refractivity contribution is -0.146. The second-order valence-corrected chi connectivity index (χ2v) is 6.51. The minimum absolute atomic E-state index is 0.116. The van der Waals surface area contributed by atoms with Crippen LogP contribution < -0.4 is 0 Å². The first-order valence-corrected chi connectivity index (χ1v) is 7.93. The van der Waals surface area contributed by atoms with Gasteiger partial charge in [0.05, 0.1) is 11.8 Å². The van der Waals surface area contributed by atoms with Gasteiger partial charge in [0.25, 0.3) is 0 Å². The molecule has 3 aliphatic rings. The highest BCUT2D eigenvalue weighted by Gasteiger charge is 2.59. The summed E-state index contributed by atoms with van der Waals surface area (Å²) in [6.07, 6.45) is 8.53. The summed E-state index contributed by atoms with van der Waals surface area (Å²) in [5.41, 5.74) is 0. The van der Waals surface area contributed by atoms with Crippen LogP contribution in [0.3, 0.4) is 0 Å². The number of unbranched alkanes of at least 4 members (excludes halogenated alkanes) is 1. The molecule has 0 aromatic heterocycles. The lowest BCUT2D eigenvalue weighted by Gasteiger charge is -2.21. The van der Waals surface area contributed by atoms with Gasteiger partial charge in [0.2, 0.25) is 17.7 Å². The molecule has 1 saturated heterocycles. The van der Waals surface area contributed by atoms with Gasteiger partial charge in [0, 0.05) is 13.6 Å². The number of amides is 3. The van der Waals surface area contributed by atoms with Crippen molar-refractivity contribution in [3.63, 3.8) is 0 Å². The van der Waals surface area contributed by atoms with E-state index in [4.69, 9.17) is 0 Å². The molecule has 3 amide bonds. The number of nitrogens with zero attached hydrogens (tertiary/aromatic N) is 2. The number of allylic oxidation sites excluding steroid dienone is 3. The Morgan fingerprint density at radius 2 is 1.91 bits per heavy atom. The molecular weight excluding hydrogens is 280 g/mol. The number of carbonyl (C=O) groups excluding carboxylic acids is 3. The Bertz CT molecular complexity index is 524. The van der Waals surface area contributed by atoms with Gasteiger partial charge in [0.15, 0.2) is 0 Å². The Morgan fingerprint density at radius 1 is 1.32 bits per heavy atom. The average molecular weight is 302 g/mol. The number of imide groups is 1. The second-order valence-electron chi connectivity index (χ2n) is 6.51. The van der Waals surface area contributed by atoms with Gasteiger partial charge in [-0.15, -0.1) is 6.58 Å². The van der Waals surface area contributed by atoms with Crippen LogP contribution in [0, 0.1) is 23.7 Å². The fraction of sp³-hybridized carbons (Fsp3) is 0.588. The third-order valence-corrected chi connectivity index (χ3v) is 5.18. The number of likely N-dealkylation sites (tertiary alicyclic amines) is 1. The summed E-state index contributed by atoms with van der Waals surface area (Å²) >= 11 is 0. The summed E-state index contributed by atoms with van der Waals surface area (Å²) < 4.78 is 0. The molecule has 1 heterocycles. The molecule has 5 nitrogen and oxygen atoms in total. The zero-order valence-corrected chi connectivity index (χ0v) is 12.9. The van der Waals surface area contributed by atoms with Crippen LogP contribution in [0.5, 0.6) is 0 Å². The van der Waals surface area contributed by atoms with Gasteiger partial charge in [-0.25, -0.2) is 0 Å². The number of hydrogen-bond donors (Lipinski definition) is 0. The number of fused-ring (bicyclic) bond motifs is 5. The number of hydrogen-bond acceptors (Lipinski definition) is 3. The summed E-state index contributed by atoms with van der Waals surface area (Å²) in [7, 11) is 1.71. The number of carbonyl (C=O) groups is 3. The molecule has 1 saturated carbocycles. The smallest absolute Gasteiger partial charge is 0.242 e. The molecule has 2 fully saturated rings. The molecule has 2 aliphatic carbocycles. The maximum atomic E-state index is 12.5. The van der Waals surface area contributed by atoms with Crippen LogP contribution in [0.1, 0.15) is 19.3 Å². The number of rotatable bonds is 6. The van der Waals surface area contributed by atoms with E-state index in [1.807, 2.05) is 6.08 Å². The lowest BCUT2D eigenvalue weighted by Crippen LogP contribution is -2.42. The molecular formula is C17H22N2O3. The second kappa shape index (κ2) is 5.71. The highest BCUT2D eigenvalue weighted by molar-refractivity contribution is 6.08. The highest BCUT2D eigenvalue weighted by Crippen LogP contribution is 2.52. The van der Waals surface area contributed by atoms with Gasteiger partial charge in [0.1, 0.15) is 6.54 Å². The summed E-state index contributed by atoms with van der Waals surface area (Å²) in [6, 6.07) is 0. The largest absolute Gasteiger partial charge is 0.344 e. The summed E-state index contributed by atoms with van der Waals surface area (Å²) in [6.45, 7) is 4.15. The standard InChI is InChI=1S/C17H22N2O3/c1-3-4-5-8-18(2)13(20)10-19-16(21)14-11-6-7-12(9-11)15(14)17(19)22/h3,6-7,11-12,14-15H,1,4-5,8-10H2,2H3. The lowest BCUT2D eigenvalue weighted by atomic mass is 9.85. The third-order valence-electron chi connectivity index (χ3n) is 5.18. The van der Waals surface area contributed by atoms with E-state index in [1.54, 1.807) is 11.9 Å². The van der Waals surface area contributed by atoms with E-state index in [2.05, 4.69) is 18.7 Å². The Kier molecular flexibility index (Phi) is 3.89. The zero-order chi connectivity index (χ0) is 15.9. The molecule has 5 heteroatoms. The molecule has 0 aromatic rings. The minimum atomic E-state index is -0.221. The minimum Gasteiger partial charge on any atom is -0.344 e. The Labute approximate surface area is 130 Å². The monoisotopic (exact) mass is 302 g/mol. The normalized spacial score (nSPS) is 31.8. The van der Waals surface area contributed by atoms with Crippen LogP contribution in [0.25, 0.3) is 0 Å². The fourth-order valence-corrected chi connectivity index (χ4v) is 3.97. The van der Waals surface area contributed by atoms with Gasteiger partial charge >= 0.3 is 0 Å². The molecule has 0 N–H and O–H groups in total. The molecule has 1 aliphatic heterocycles. The van der Waals surface area contributed by atoms with Gasteiger partial charge in [-0.05, 0) is 31.1 Å². The van der Waals surface area contributed by atoms with E-state index in [0.717, 1.165) is 19.3 Å². The van der Waals surface area contributed by atoms with E-state index in [1.165, 1.54) is 4.90 Å². The third kappa shape index (κ3) is 2.28. The van der Waals surface area contributed by atoms with Gasteiger partial charge in [-0.1, -0.05) is 18.2 Å². The van der Waals surface area contributed by atoms with Crippen molar-refractivity contribution in [3.05, 3.63) is 24.8 Å². The molecule has 22 heavy (non-hydrogen) atoms. The Morgan fingerprint density at radius 3 is 2.45 bits per heavy atom. The maximum absolute atomic E-state index is 12.5. The van der Waals surface area contributed by atoms with Crippen molar-refractivity contribution < 1.29 is 14.4 Å². The molecule has 4 atom stereocenters. The Balaban J connectivity index is 1.62. The van der Waals surface area contributed by atoms with Crippen molar-refractivity contribution in [2.24, 2.45) is 23.7 Å². The predicted octanol–water partition coefficient (Wildman–Crippen LogP) is 1.22. The van der Waals surface area contributed by atoms with Crippen molar-refractivity contribution in [3.8, 4) is 0 Å². The van der Waals surface area contributed by atoms with Crippen LogP contribution >= 0.6 is 0 Å². The number of likely N-dealkylation sites (N-methyl/N-ethyl adjacent to an activating group) is 1. The topological polar surface area (TPSA) is 57.7 Å². The molecule has 2 bridgehead atoms. The molecule has 3 rings (SSSR count). The average Bonchev–Trinajstić information content (AvgIpc) is 3.17. The molecule has 4 unspecified atom stereocenters. The van der Waals surface area contributed by atoms with Crippen molar-refractivity contribution in [1.29, 1.82) is 0 Å². The van der Waals surface area contributed by atoms with Gasteiger partial charge in [-0.3, -0.25) is 19.3 Å². The summed E-state index contributed by atoms with van der Waals surface area (Å²) in [5.74, 6) is -0.540. The first kappa shape index (κ1) is 15.0. The SMILES string of the molecule is C=CCCCN(C)C(=O)CN1C(=O)C2C3C=CC(C3)C2C1=O. The molecule has 0 radical (unpaired) electrons. The summed E-state index contributed by atoms with van der Waals surface area (Å²) in [5, 5.41) is 0. The van der Waals surface area contributed by atoms with Crippen molar-refractivity contribution >= 4 is 17.7 Å². The maximum Gasteiger partial charge on any atom is 0.242 e. The van der Waals surface area contributed by atoms with E-state index >= 15 is 0 Å². The molecule has 0 spiro atoms. The molecule has 118 valence electrons. The van der Waals surface area contributed by atoms with Crippen molar-refractivity contribution in [2.75, 3.05) is 20.1 Å².